The van der Waals surface area contributed by atoms with E-state index in [1.807, 2.05) is 42.5 Å². The van der Waals surface area contributed by atoms with Gasteiger partial charge in [0.05, 0.1) is 29.5 Å². The number of methoxy groups -OCH3 is 1. The topological polar surface area (TPSA) is 48.4 Å². The minimum atomic E-state index is -0.320. The summed E-state index contributed by atoms with van der Waals surface area (Å²) >= 11 is 1.70. The highest BCUT2D eigenvalue weighted by molar-refractivity contribution is 7.21. The smallest absolute Gasteiger partial charge is 0.337 e. The maximum Gasteiger partial charge on any atom is 0.337 e. The third-order valence-electron chi connectivity index (χ3n) is 5.14. The Morgan fingerprint density at radius 2 is 1.73 bits per heavy atom. The van der Waals surface area contributed by atoms with Crippen LogP contribution in [0.2, 0.25) is 0 Å². The molecule has 3 aromatic carbocycles. The molecule has 0 saturated carbocycles. The van der Waals surface area contributed by atoms with Crippen molar-refractivity contribution in [1.29, 1.82) is 0 Å². The summed E-state index contributed by atoms with van der Waals surface area (Å²) in [5, 5.41) is 1.01. The average molecular weight is 418 g/mol. The number of carbonyl (C=O) groups excluding carboxylic acids is 1. The van der Waals surface area contributed by atoms with Gasteiger partial charge in [-0.3, -0.25) is 0 Å². The second-order valence-corrected chi connectivity index (χ2v) is 8.07. The molecule has 0 aliphatic heterocycles. The summed E-state index contributed by atoms with van der Waals surface area (Å²) in [6, 6.07) is 23.8. The van der Waals surface area contributed by atoms with E-state index < -0.39 is 0 Å². The quantitative estimate of drug-likeness (QED) is 0.330. The predicted molar refractivity (Wildman–Crippen MR) is 121 cm³/mol. The molecule has 0 bridgehead atoms. The zero-order valence-electron chi connectivity index (χ0n) is 17.0. The van der Waals surface area contributed by atoms with Gasteiger partial charge in [-0.1, -0.05) is 31.2 Å². The summed E-state index contributed by atoms with van der Waals surface area (Å²) in [4.78, 5) is 16.3. The number of aromatic nitrogens is 1. The lowest BCUT2D eigenvalue weighted by Crippen LogP contribution is -2.10. The summed E-state index contributed by atoms with van der Waals surface area (Å²) in [6.07, 6.45) is 0.946. The molecule has 4 rings (SSSR count). The van der Waals surface area contributed by atoms with E-state index >= 15 is 0 Å². The van der Waals surface area contributed by atoms with Crippen LogP contribution < -0.4 is 4.74 Å². The number of hydrogen-bond acceptors (Lipinski definition) is 5. The largest absolute Gasteiger partial charge is 0.493 e. The van der Waals surface area contributed by atoms with Crippen LogP contribution in [-0.2, 0) is 4.74 Å². The zero-order chi connectivity index (χ0) is 20.9. The first-order chi connectivity index (χ1) is 14.7. The van der Waals surface area contributed by atoms with E-state index in [-0.39, 0.29) is 11.9 Å². The van der Waals surface area contributed by atoms with Crippen LogP contribution in [0, 0.1) is 0 Å². The molecule has 5 heteroatoms. The van der Waals surface area contributed by atoms with E-state index in [2.05, 4.69) is 25.1 Å². The maximum atomic E-state index is 11.6. The zero-order valence-corrected chi connectivity index (χ0v) is 17.8. The van der Waals surface area contributed by atoms with Crippen molar-refractivity contribution in [2.45, 2.75) is 19.3 Å². The van der Waals surface area contributed by atoms with Crippen molar-refractivity contribution in [3.63, 3.8) is 0 Å². The summed E-state index contributed by atoms with van der Waals surface area (Å²) < 4.78 is 12.0. The summed E-state index contributed by atoms with van der Waals surface area (Å²) in [5.74, 6) is 0.768. The first-order valence-electron chi connectivity index (χ1n) is 9.95. The van der Waals surface area contributed by atoms with Gasteiger partial charge in [0, 0.05) is 11.5 Å². The summed E-state index contributed by atoms with van der Waals surface area (Å²) in [5.41, 5.74) is 3.83. The standard InChI is InChI=1S/C25H23NO3S/c1-3-17(18-8-10-20(11-9-18)25(27)28-2)16-29-21-14-12-19(13-15-21)24-26-22-6-4-5-7-23(22)30-24/h4-15,17H,3,16H2,1-2H3. The summed E-state index contributed by atoms with van der Waals surface area (Å²) in [6.45, 7) is 2.72. The number of carbonyl (C=O) groups is 1. The fraction of sp³-hybridized carbons (Fsp3) is 0.200. The van der Waals surface area contributed by atoms with Crippen molar-refractivity contribution in [2.24, 2.45) is 0 Å². The SMILES string of the molecule is CCC(COc1ccc(-c2nc3ccccc3s2)cc1)c1ccc(C(=O)OC)cc1. The number of esters is 1. The molecule has 1 unspecified atom stereocenters. The van der Waals surface area contributed by atoms with Crippen LogP contribution in [0.25, 0.3) is 20.8 Å². The molecule has 0 aliphatic carbocycles. The van der Waals surface area contributed by atoms with Crippen molar-refractivity contribution in [2.75, 3.05) is 13.7 Å². The monoisotopic (exact) mass is 417 g/mol. The number of nitrogens with zero attached hydrogens (tertiary/aromatic N) is 1. The molecule has 1 aromatic heterocycles. The average Bonchev–Trinajstić information content (AvgIpc) is 3.24. The van der Waals surface area contributed by atoms with E-state index in [0.29, 0.717) is 12.2 Å². The molecule has 4 aromatic rings. The van der Waals surface area contributed by atoms with Crippen molar-refractivity contribution in [3.8, 4) is 16.3 Å². The molecule has 30 heavy (non-hydrogen) atoms. The predicted octanol–water partition coefficient (Wildman–Crippen LogP) is 6.32. The molecule has 0 N–H and O–H groups in total. The molecule has 0 fully saturated rings. The number of fused-ring (bicyclic) bond motifs is 1. The van der Waals surface area contributed by atoms with Crippen LogP contribution in [0.15, 0.2) is 72.8 Å². The number of hydrogen-bond donors (Lipinski definition) is 0. The van der Waals surface area contributed by atoms with E-state index in [9.17, 15) is 4.79 Å². The van der Waals surface area contributed by atoms with Crippen molar-refractivity contribution in [3.05, 3.63) is 83.9 Å². The number of rotatable bonds is 7. The molecule has 0 radical (unpaired) electrons. The molecule has 0 amide bonds. The fourth-order valence-corrected chi connectivity index (χ4v) is 4.32. The Hall–Kier alpha value is -3.18. The molecule has 152 valence electrons. The van der Waals surface area contributed by atoms with Crippen LogP contribution in [0.5, 0.6) is 5.75 Å². The third kappa shape index (κ3) is 4.36. The number of thiazole rings is 1. The maximum absolute atomic E-state index is 11.6. The third-order valence-corrected chi connectivity index (χ3v) is 6.23. The van der Waals surface area contributed by atoms with E-state index in [1.165, 1.54) is 11.8 Å². The van der Waals surface area contributed by atoms with Crippen LogP contribution in [-0.4, -0.2) is 24.7 Å². The highest BCUT2D eigenvalue weighted by Gasteiger charge is 2.13. The number of ether oxygens (including phenoxy) is 2. The van der Waals surface area contributed by atoms with Gasteiger partial charge in [-0.2, -0.15) is 0 Å². The van der Waals surface area contributed by atoms with Gasteiger partial charge in [0.25, 0.3) is 0 Å². The Morgan fingerprint density at radius 1 is 1.00 bits per heavy atom. The summed E-state index contributed by atoms with van der Waals surface area (Å²) in [7, 11) is 1.39. The van der Waals surface area contributed by atoms with Gasteiger partial charge < -0.3 is 9.47 Å². The molecular formula is C25H23NO3S. The lowest BCUT2D eigenvalue weighted by atomic mass is 9.96. The highest BCUT2D eigenvalue weighted by atomic mass is 32.1. The van der Waals surface area contributed by atoms with Gasteiger partial charge >= 0.3 is 5.97 Å². The Balaban J connectivity index is 1.41. The van der Waals surface area contributed by atoms with Crippen LogP contribution >= 0.6 is 11.3 Å². The van der Waals surface area contributed by atoms with Gasteiger partial charge in [-0.05, 0) is 60.5 Å². The van der Waals surface area contributed by atoms with Crippen molar-refractivity contribution < 1.29 is 14.3 Å². The molecule has 0 aliphatic rings. The highest BCUT2D eigenvalue weighted by Crippen LogP contribution is 2.31. The second-order valence-electron chi connectivity index (χ2n) is 7.04. The first-order valence-corrected chi connectivity index (χ1v) is 10.8. The van der Waals surface area contributed by atoms with Crippen LogP contribution in [0.3, 0.4) is 0 Å². The Kier molecular flexibility index (Phi) is 6.10. The molecule has 0 spiro atoms. The van der Waals surface area contributed by atoms with Gasteiger partial charge in [-0.25, -0.2) is 9.78 Å². The molecular weight excluding hydrogens is 394 g/mol. The van der Waals surface area contributed by atoms with E-state index in [1.54, 1.807) is 23.5 Å². The van der Waals surface area contributed by atoms with Gasteiger partial charge in [0.1, 0.15) is 10.8 Å². The lowest BCUT2D eigenvalue weighted by molar-refractivity contribution is 0.0600. The minimum absolute atomic E-state index is 0.251. The second kappa shape index (κ2) is 9.09. The van der Waals surface area contributed by atoms with Crippen molar-refractivity contribution >= 4 is 27.5 Å². The lowest BCUT2D eigenvalue weighted by Gasteiger charge is -2.17. The Labute approximate surface area is 180 Å². The fourth-order valence-electron chi connectivity index (χ4n) is 3.35. The molecule has 4 nitrogen and oxygen atoms in total. The molecule has 1 atom stereocenters. The van der Waals surface area contributed by atoms with Gasteiger partial charge in [0.15, 0.2) is 0 Å². The Bertz CT molecular complexity index is 1100. The first kappa shape index (κ1) is 20.1. The van der Waals surface area contributed by atoms with Gasteiger partial charge in [0.2, 0.25) is 0 Å². The van der Waals surface area contributed by atoms with Crippen LogP contribution in [0.1, 0.15) is 35.2 Å². The van der Waals surface area contributed by atoms with Crippen molar-refractivity contribution in [1.82, 2.24) is 4.98 Å². The molecule has 0 saturated heterocycles. The number of benzene rings is 3. The van der Waals surface area contributed by atoms with E-state index in [4.69, 9.17) is 14.5 Å². The Morgan fingerprint density at radius 3 is 2.40 bits per heavy atom. The normalized spacial score (nSPS) is 11.9. The number of para-hydroxylation sites is 1. The minimum Gasteiger partial charge on any atom is -0.493 e. The molecule has 1 heterocycles. The van der Waals surface area contributed by atoms with Crippen LogP contribution in [0.4, 0.5) is 0 Å². The van der Waals surface area contributed by atoms with E-state index in [0.717, 1.165) is 33.8 Å². The van der Waals surface area contributed by atoms with Gasteiger partial charge in [-0.15, -0.1) is 11.3 Å².